The number of hydrogen-bond acceptors (Lipinski definition) is 4. The van der Waals surface area contributed by atoms with Gasteiger partial charge in [-0.2, -0.15) is 0 Å². The lowest BCUT2D eigenvalue weighted by Gasteiger charge is -2.15. The van der Waals surface area contributed by atoms with Gasteiger partial charge in [0.15, 0.2) is 5.43 Å². The highest BCUT2D eigenvalue weighted by atomic mass is 16.5. The Bertz CT molecular complexity index is 357. The first-order chi connectivity index (χ1) is 8.29. The fourth-order valence-corrected chi connectivity index (χ4v) is 1.83. The Morgan fingerprint density at radius 2 is 2.06 bits per heavy atom. The lowest BCUT2D eigenvalue weighted by atomic mass is 10.2. The summed E-state index contributed by atoms with van der Waals surface area (Å²) < 4.78 is 12.7. The number of aromatic nitrogens is 1. The van der Waals surface area contributed by atoms with Crippen LogP contribution in [0.25, 0.3) is 0 Å². The third-order valence-electron chi connectivity index (χ3n) is 2.59. The Hall–Kier alpha value is -1.17. The molecule has 1 saturated heterocycles. The maximum atomic E-state index is 10.9. The molecule has 0 bridgehead atoms. The first kappa shape index (κ1) is 13.9. The zero-order chi connectivity index (χ0) is 12.7. The largest absolute Gasteiger partial charge is 0.400 e. The van der Waals surface area contributed by atoms with Crippen LogP contribution in [0.2, 0.25) is 0 Å². The van der Waals surface area contributed by atoms with Crippen molar-refractivity contribution >= 4 is 0 Å². The molecule has 2 atom stereocenters. The van der Waals surface area contributed by atoms with Crippen molar-refractivity contribution in [3.8, 4) is 0 Å². The van der Waals surface area contributed by atoms with E-state index in [9.17, 15) is 4.79 Å². The standard InChI is InChI=1S/C11H15NO3.CH4O/c1-14-8-10-2-3-11(15-10)12-6-4-9(13)5-7-12;1-2/h4-7,10-11H,2-3,8H2,1H3;2H,1H3. The maximum Gasteiger partial charge on any atom is 0.181 e. The number of hydrogen-bond donors (Lipinski definition) is 1. The van der Waals surface area contributed by atoms with Gasteiger partial charge in [-0.05, 0) is 12.8 Å². The summed E-state index contributed by atoms with van der Waals surface area (Å²) >= 11 is 0. The molecule has 1 N–H and O–H groups in total. The third-order valence-corrected chi connectivity index (χ3v) is 2.59. The summed E-state index contributed by atoms with van der Waals surface area (Å²) in [4.78, 5) is 10.9. The number of pyridine rings is 1. The molecule has 5 heteroatoms. The Morgan fingerprint density at radius 1 is 1.41 bits per heavy atom. The molecule has 1 aromatic rings. The van der Waals surface area contributed by atoms with Gasteiger partial charge in [0.2, 0.25) is 0 Å². The highest BCUT2D eigenvalue weighted by Gasteiger charge is 2.25. The first-order valence-corrected chi connectivity index (χ1v) is 5.56. The summed E-state index contributed by atoms with van der Waals surface area (Å²) in [5.74, 6) is 0. The van der Waals surface area contributed by atoms with Gasteiger partial charge in [0.25, 0.3) is 0 Å². The number of aliphatic hydroxyl groups excluding tert-OH is 1. The van der Waals surface area contributed by atoms with Crippen LogP contribution in [0.1, 0.15) is 19.1 Å². The van der Waals surface area contributed by atoms with E-state index in [0.717, 1.165) is 20.0 Å². The molecular formula is C12H19NO4. The summed E-state index contributed by atoms with van der Waals surface area (Å²) in [6, 6.07) is 3.10. The van der Waals surface area contributed by atoms with Gasteiger partial charge in [0, 0.05) is 38.7 Å². The van der Waals surface area contributed by atoms with Crippen LogP contribution in [0.3, 0.4) is 0 Å². The van der Waals surface area contributed by atoms with E-state index in [4.69, 9.17) is 14.6 Å². The van der Waals surface area contributed by atoms with Crippen molar-refractivity contribution in [3.05, 3.63) is 34.7 Å². The molecule has 96 valence electrons. The average molecular weight is 241 g/mol. The molecule has 1 aliphatic heterocycles. The molecule has 1 fully saturated rings. The molecule has 17 heavy (non-hydrogen) atoms. The van der Waals surface area contributed by atoms with E-state index < -0.39 is 0 Å². The van der Waals surface area contributed by atoms with Gasteiger partial charge < -0.3 is 19.1 Å². The zero-order valence-electron chi connectivity index (χ0n) is 10.2. The lowest BCUT2D eigenvalue weighted by Crippen LogP contribution is -2.16. The first-order valence-electron chi connectivity index (χ1n) is 5.56. The minimum Gasteiger partial charge on any atom is -0.400 e. The molecule has 0 aliphatic carbocycles. The van der Waals surface area contributed by atoms with E-state index in [1.807, 2.05) is 4.57 Å². The van der Waals surface area contributed by atoms with Crippen LogP contribution in [-0.2, 0) is 9.47 Å². The Balaban J connectivity index is 0.000000686. The summed E-state index contributed by atoms with van der Waals surface area (Å²) in [7, 11) is 2.68. The van der Waals surface area contributed by atoms with Crippen molar-refractivity contribution in [2.45, 2.75) is 25.2 Å². The van der Waals surface area contributed by atoms with Crippen LogP contribution in [0.15, 0.2) is 29.3 Å². The topological polar surface area (TPSA) is 60.7 Å². The monoisotopic (exact) mass is 241 g/mol. The Labute approximate surface area is 101 Å². The van der Waals surface area contributed by atoms with Gasteiger partial charge in [-0.15, -0.1) is 0 Å². The number of nitrogens with zero attached hydrogens (tertiary/aromatic N) is 1. The lowest BCUT2D eigenvalue weighted by molar-refractivity contribution is -0.0317. The van der Waals surface area contributed by atoms with Crippen LogP contribution in [-0.4, -0.2) is 36.6 Å². The molecule has 2 unspecified atom stereocenters. The van der Waals surface area contributed by atoms with Crippen molar-refractivity contribution in [2.24, 2.45) is 0 Å². The van der Waals surface area contributed by atoms with Gasteiger partial charge in [0.05, 0.1) is 12.7 Å². The second kappa shape index (κ2) is 7.21. The number of rotatable bonds is 3. The molecule has 0 aromatic carbocycles. The van der Waals surface area contributed by atoms with E-state index in [1.54, 1.807) is 31.6 Å². The minimum atomic E-state index is 0.0256. The molecule has 1 aromatic heterocycles. The number of methoxy groups -OCH3 is 1. The molecule has 0 amide bonds. The van der Waals surface area contributed by atoms with E-state index >= 15 is 0 Å². The predicted octanol–water partition coefficient (Wildman–Crippen LogP) is 0.781. The third kappa shape index (κ3) is 3.96. The molecule has 0 spiro atoms. The number of ether oxygens (including phenoxy) is 2. The average Bonchev–Trinajstić information content (AvgIpc) is 2.82. The fourth-order valence-electron chi connectivity index (χ4n) is 1.83. The summed E-state index contributed by atoms with van der Waals surface area (Å²) in [6.45, 7) is 0.636. The van der Waals surface area contributed by atoms with E-state index in [2.05, 4.69) is 0 Å². The van der Waals surface area contributed by atoms with Crippen LogP contribution in [0.4, 0.5) is 0 Å². The van der Waals surface area contributed by atoms with Crippen LogP contribution < -0.4 is 5.43 Å². The van der Waals surface area contributed by atoms with Crippen molar-refractivity contribution in [3.63, 3.8) is 0 Å². The summed E-state index contributed by atoms with van der Waals surface area (Å²) in [5.41, 5.74) is 0.0256. The SMILES string of the molecule is CO.COCC1CCC(n2ccc(=O)cc2)O1. The smallest absolute Gasteiger partial charge is 0.181 e. The zero-order valence-corrected chi connectivity index (χ0v) is 10.2. The molecule has 5 nitrogen and oxygen atoms in total. The highest BCUT2D eigenvalue weighted by Crippen LogP contribution is 2.27. The van der Waals surface area contributed by atoms with Crippen LogP contribution >= 0.6 is 0 Å². The van der Waals surface area contributed by atoms with Gasteiger partial charge in [0.1, 0.15) is 6.23 Å². The second-order valence-electron chi connectivity index (χ2n) is 3.73. The molecular weight excluding hydrogens is 222 g/mol. The molecule has 0 saturated carbocycles. The predicted molar refractivity (Wildman–Crippen MR) is 63.9 cm³/mol. The van der Waals surface area contributed by atoms with Crippen molar-refractivity contribution in [2.75, 3.05) is 20.8 Å². The quantitative estimate of drug-likeness (QED) is 0.849. The van der Waals surface area contributed by atoms with Crippen molar-refractivity contribution in [1.82, 2.24) is 4.57 Å². The summed E-state index contributed by atoms with van der Waals surface area (Å²) in [6.07, 6.45) is 5.73. The maximum absolute atomic E-state index is 10.9. The van der Waals surface area contributed by atoms with E-state index in [0.29, 0.717) is 6.61 Å². The Morgan fingerprint density at radius 3 is 2.65 bits per heavy atom. The highest BCUT2D eigenvalue weighted by molar-refractivity contribution is 4.95. The molecule has 2 heterocycles. The van der Waals surface area contributed by atoms with Gasteiger partial charge >= 0.3 is 0 Å². The summed E-state index contributed by atoms with van der Waals surface area (Å²) in [5, 5.41) is 7.00. The van der Waals surface area contributed by atoms with Gasteiger partial charge in [-0.3, -0.25) is 4.79 Å². The normalized spacial score (nSPS) is 23.0. The van der Waals surface area contributed by atoms with Gasteiger partial charge in [-0.1, -0.05) is 0 Å². The molecule has 1 aliphatic rings. The van der Waals surface area contributed by atoms with Crippen LogP contribution in [0, 0.1) is 0 Å². The Kier molecular flexibility index (Phi) is 5.90. The molecule has 0 radical (unpaired) electrons. The van der Waals surface area contributed by atoms with Gasteiger partial charge in [-0.25, -0.2) is 0 Å². The van der Waals surface area contributed by atoms with Crippen molar-refractivity contribution < 1.29 is 14.6 Å². The van der Waals surface area contributed by atoms with Crippen LogP contribution in [0.5, 0.6) is 0 Å². The van der Waals surface area contributed by atoms with E-state index in [-0.39, 0.29) is 17.8 Å². The molecule has 2 rings (SSSR count). The van der Waals surface area contributed by atoms with Crippen molar-refractivity contribution in [1.29, 1.82) is 0 Å². The minimum absolute atomic E-state index is 0.0256. The second-order valence-corrected chi connectivity index (χ2v) is 3.73. The fraction of sp³-hybridized carbons (Fsp3) is 0.583. The number of aliphatic hydroxyl groups is 1. The van der Waals surface area contributed by atoms with E-state index in [1.165, 1.54) is 0 Å².